The van der Waals surface area contributed by atoms with Crippen LogP contribution in [0.2, 0.25) is 0 Å². The van der Waals surface area contributed by atoms with Crippen LogP contribution in [-0.2, 0) is 11.3 Å². The molecule has 1 aliphatic carbocycles. The second-order valence-corrected chi connectivity index (χ2v) is 6.76. The minimum atomic E-state index is 0.536. The molecule has 1 aromatic rings. The molecule has 3 unspecified atom stereocenters. The van der Waals surface area contributed by atoms with Crippen molar-refractivity contribution in [3.05, 3.63) is 34.3 Å². The van der Waals surface area contributed by atoms with Gasteiger partial charge in [0, 0.05) is 29.6 Å². The third-order valence-electron chi connectivity index (χ3n) is 4.52. The van der Waals surface area contributed by atoms with E-state index < -0.39 is 0 Å². The maximum absolute atomic E-state index is 5.62. The van der Waals surface area contributed by atoms with Crippen LogP contribution in [0.3, 0.4) is 0 Å². The fraction of sp³-hybridized carbons (Fsp3) is 0.625. The lowest BCUT2D eigenvalue weighted by Crippen LogP contribution is -2.50. The first-order chi connectivity index (χ1) is 9.83. The third-order valence-corrected chi connectivity index (χ3v) is 5.05. The molecule has 4 heteroatoms. The summed E-state index contributed by atoms with van der Waals surface area (Å²) >= 11 is 3.48. The van der Waals surface area contributed by atoms with Crippen LogP contribution in [-0.4, -0.2) is 31.8 Å². The van der Waals surface area contributed by atoms with Gasteiger partial charge in [-0.1, -0.05) is 34.5 Å². The molecule has 1 heterocycles. The molecule has 2 aliphatic rings. The van der Waals surface area contributed by atoms with Crippen molar-refractivity contribution < 1.29 is 4.74 Å². The lowest BCUT2D eigenvalue weighted by atomic mass is 9.94. The summed E-state index contributed by atoms with van der Waals surface area (Å²) in [5.41, 5.74) is 1.35. The monoisotopic (exact) mass is 338 g/mol. The van der Waals surface area contributed by atoms with Crippen LogP contribution in [0.4, 0.5) is 0 Å². The zero-order valence-corrected chi connectivity index (χ0v) is 13.4. The van der Waals surface area contributed by atoms with Gasteiger partial charge in [-0.25, -0.2) is 0 Å². The Morgan fingerprint density at radius 1 is 1.25 bits per heavy atom. The average molecular weight is 339 g/mol. The van der Waals surface area contributed by atoms with Crippen LogP contribution in [0.25, 0.3) is 0 Å². The zero-order valence-electron chi connectivity index (χ0n) is 11.8. The Kier molecular flexibility index (Phi) is 5.10. The molecule has 20 heavy (non-hydrogen) atoms. The normalized spacial score (nSPS) is 30.6. The summed E-state index contributed by atoms with van der Waals surface area (Å²) in [4.78, 5) is 0. The first kappa shape index (κ1) is 14.5. The van der Waals surface area contributed by atoms with Crippen LogP contribution in [0.5, 0.6) is 0 Å². The first-order valence-corrected chi connectivity index (χ1v) is 8.41. The van der Waals surface area contributed by atoms with Gasteiger partial charge in [0.05, 0.1) is 13.2 Å². The Balaban J connectivity index is 1.54. The molecule has 0 amide bonds. The number of benzene rings is 1. The highest BCUT2D eigenvalue weighted by Gasteiger charge is 2.34. The topological polar surface area (TPSA) is 33.3 Å². The van der Waals surface area contributed by atoms with Gasteiger partial charge in [0.1, 0.15) is 0 Å². The standard InChI is InChI=1S/C16H23BrN2O/c17-13-6-4-12(5-7-13)10-19-15-3-1-2-14(15)16-11-20-9-8-18-16/h4-7,14-16,18-19H,1-3,8-11H2. The molecule has 110 valence electrons. The lowest BCUT2D eigenvalue weighted by molar-refractivity contribution is 0.0524. The van der Waals surface area contributed by atoms with E-state index in [1.165, 1.54) is 24.8 Å². The molecule has 3 rings (SSSR count). The van der Waals surface area contributed by atoms with Crippen LogP contribution in [0, 0.1) is 5.92 Å². The molecular weight excluding hydrogens is 316 g/mol. The minimum absolute atomic E-state index is 0.536. The summed E-state index contributed by atoms with van der Waals surface area (Å²) in [5.74, 6) is 0.714. The van der Waals surface area contributed by atoms with E-state index in [4.69, 9.17) is 4.74 Å². The molecule has 1 saturated heterocycles. The van der Waals surface area contributed by atoms with Crippen LogP contribution in [0.15, 0.2) is 28.7 Å². The maximum Gasteiger partial charge on any atom is 0.0623 e. The fourth-order valence-corrected chi connectivity index (χ4v) is 3.70. The quantitative estimate of drug-likeness (QED) is 0.885. The predicted octanol–water partition coefficient (Wildman–Crippen LogP) is 2.70. The van der Waals surface area contributed by atoms with E-state index in [0.29, 0.717) is 18.0 Å². The number of nitrogens with one attached hydrogen (secondary N) is 2. The van der Waals surface area contributed by atoms with Gasteiger partial charge < -0.3 is 15.4 Å². The van der Waals surface area contributed by atoms with Crippen LogP contribution in [0.1, 0.15) is 24.8 Å². The largest absolute Gasteiger partial charge is 0.379 e. The van der Waals surface area contributed by atoms with Gasteiger partial charge in [0.25, 0.3) is 0 Å². The lowest BCUT2D eigenvalue weighted by Gasteiger charge is -2.33. The average Bonchev–Trinajstić information content (AvgIpc) is 2.96. The summed E-state index contributed by atoms with van der Waals surface area (Å²) in [5, 5.41) is 7.38. The van der Waals surface area contributed by atoms with Crippen molar-refractivity contribution in [2.45, 2.75) is 37.9 Å². The number of hydrogen-bond acceptors (Lipinski definition) is 3. The number of ether oxygens (including phenoxy) is 1. The van der Waals surface area contributed by atoms with E-state index in [-0.39, 0.29) is 0 Å². The van der Waals surface area contributed by atoms with E-state index >= 15 is 0 Å². The van der Waals surface area contributed by atoms with E-state index in [0.717, 1.165) is 30.8 Å². The van der Waals surface area contributed by atoms with Crippen LogP contribution >= 0.6 is 15.9 Å². The summed E-state index contributed by atoms with van der Waals surface area (Å²) in [7, 11) is 0. The maximum atomic E-state index is 5.62. The molecular formula is C16H23BrN2O. The van der Waals surface area contributed by atoms with Gasteiger partial charge in [0.2, 0.25) is 0 Å². The highest BCUT2D eigenvalue weighted by Crippen LogP contribution is 2.29. The highest BCUT2D eigenvalue weighted by atomic mass is 79.9. The number of morpholine rings is 1. The van der Waals surface area contributed by atoms with E-state index in [1.807, 2.05) is 0 Å². The fourth-order valence-electron chi connectivity index (χ4n) is 3.44. The second kappa shape index (κ2) is 7.03. The Labute approximate surface area is 129 Å². The summed E-state index contributed by atoms with van der Waals surface area (Å²) in [6, 6.07) is 9.75. The Morgan fingerprint density at radius 3 is 2.85 bits per heavy atom. The zero-order chi connectivity index (χ0) is 13.8. The first-order valence-electron chi connectivity index (χ1n) is 7.62. The van der Waals surface area contributed by atoms with Gasteiger partial charge in [0.15, 0.2) is 0 Å². The molecule has 3 nitrogen and oxygen atoms in total. The molecule has 0 radical (unpaired) electrons. The molecule has 0 bridgehead atoms. The van der Waals surface area contributed by atoms with Crippen molar-refractivity contribution in [1.82, 2.24) is 10.6 Å². The number of rotatable bonds is 4. The Hall–Kier alpha value is -0.420. The number of halogens is 1. The molecule has 0 spiro atoms. The van der Waals surface area contributed by atoms with Crippen molar-refractivity contribution in [1.29, 1.82) is 0 Å². The van der Waals surface area contributed by atoms with Crippen molar-refractivity contribution in [2.75, 3.05) is 19.8 Å². The highest BCUT2D eigenvalue weighted by molar-refractivity contribution is 9.10. The predicted molar refractivity (Wildman–Crippen MR) is 84.7 cm³/mol. The van der Waals surface area contributed by atoms with Crippen molar-refractivity contribution in [3.63, 3.8) is 0 Å². The molecule has 1 aliphatic heterocycles. The summed E-state index contributed by atoms with van der Waals surface area (Å²) in [6.07, 6.45) is 3.94. The Morgan fingerprint density at radius 2 is 2.10 bits per heavy atom. The third kappa shape index (κ3) is 3.61. The van der Waals surface area contributed by atoms with Gasteiger partial charge in [-0.15, -0.1) is 0 Å². The molecule has 1 saturated carbocycles. The van der Waals surface area contributed by atoms with E-state index in [9.17, 15) is 0 Å². The molecule has 0 aromatic heterocycles. The molecule has 2 fully saturated rings. The second-order valence-electron chi connectivity index (χ2n) is 5.84. The van der Waals surface area contributed by atoms with Gasteiger partial charge in [-0.05, 0) is 36.5 Å². The van der Waals surface area contributed by atoms with Gasteiger partial charge in [-0.2, -0.15) is 0 Å². The molecule has 1 aromatic carbocycles. The van der Waals surface area contributed by atoms with Gasteiger partial charge in [-0.3, -0.25) is 0 Å². The number of hydrogen-bond donors (Lipinski definition) is 2. The Bertz CT molecular complexity index is 417. The summed E-state index contributed by atoms with van der Waals surface area (Å²) in [6.45, 7) is 3.70. The smallest absolute Gasteiger partial charge is 0.0623 e. The van der Waals surface area contributed by atoms with Crippen molar-refractivity contribution in [3.8, 4) is 0 Å². The minimum Gasteiger partial charge on any atom is -0.379 e. The van der Waals surface area contributed by atoms with E-state index in [1.54, 1.807) is 0 Å². The molecule has 2 N–H and O–H groups in total. The summed E-state index contributed by atoms with van der Waals surface area (Å²) < 4.78 is 6.77. The van der Waals surface area contributed by atoms with E-state index in [2.05, 4.69) is 50.8 Å². The molecule has 3 atom stereocenters. The van der Waals surface area contributed by atoms with Gasteiger partial charge >= 0.3 is 0 Å². The van der Waals surface area contributed by atoms with Crippen molar-refractivity contribution in [2.24, 2.45) is 5.92 Å². The SMILES string of the molecule is Brc1ccc(CNC2CCCC2C2COCCN2)cc1. The van der Waals surface area contributed by atoms with Crippen molar-refractivity contribution >= 4 is 15.9 Å². The van der Waals surface area contributed by atoms with Crippen LogP contribution < -0.4 is 10.6 Å².